The maximum absolute atomic E-state index is 12.3. The second-order valence-corrected chi connectivity index (χ2v) is 6.16. The fraction of sp³-hybridized carbons (Fsp3) is 0.267. The summed E-state index contributed by atoms with van der Waals surface area (Å²) in [4.78, 5) is 26.0. The van der Waals surface area contributed by atoms with Gasteiger partial charge >= 0.3 is 0 Å². The molecular formula is C15H15BrN4O2. The van der Waals surface area contributed by atoms with Crippen LogP contribution in [0.15, 0.2) is 41.0 Å². The van der Waals surface area contributed by atoms with Crippen molar-refractivity contribution < 1.29 is 9.59 Å². The Morgan fingerprint density at radius 2 is 2.05 bits per heavy atom. The molecule has 1 aliphatic rings. The lowest BCUT2D eigenvalue weighted by Crippen LogP contribution is -2.28. The Balaban J connectivity index is 1.68. The number of amides is 2. The van der Waals surface area contributed by atoms with Crippen molar-refractivity contribution in [3.63, 3.8) is 0 Å². The van der Waals surface area contributed by atoms with Crippen LogP contribution in [-0.4, -0.2) is 28.1 Å². The van der Waals surface area contributed by atoms with Crippen molar-refractivity contribution in [1.82, 2.24) is 9.78 Å². The fourth-order valence-corrected chi connectivity index (χ4v) is 2.73. The Hall–Kier alpha value is -2.15. The summed E-state index contributed by atoms with van der Waals surface area (Å²) in [5.74, 6) is -0.0738. The van der Waals surface area contributed by atoms with Gasteiger partial charge in [-0.3, -0.25) is 14.3 Å². The largest absolute Gasteiger partial charge is 0.312 e. The van der Waals surface area contributed by atoms with Gasteiger partial charge in [-0.1, -0.05) is 15.9 Å². The zero-order valence-electron chi connectivity index (χ0n) is 12.0. The molecule has 1 unspecified atom stereocenters. The highest BCUT2D eigenvalue weighted by atomic mass is 79.9. The molecule has 0 spiro atoms. The molecule has 3 rings (SSSR count). The number of rotatable bonds is 3. The maximum Gasteiger partial charge on any atom is 0.231 e. The number of benzene rings is 1. The standard InChI is InChI=1S/C15H15BrN4O2/c1-19-7-6-13(18-19)17-15(22)10-8-14(21)20(9-10)12-4-2-11(16)3-5-12/h2-7,10H,8-9H2,1H3,(H,17,18,22). The number of aromatic nitrogens is 2. The number of halogens is 1. The van der Waals surface area contributed by atoms with Crippen molar-refractivity contribution in [2.75, 3.05) is 16.8 Å². The lowest BCUT2D eigenvalue weighted by molar-refractivity contribution is -0.122. The van der Waals surface area contributed by atoms with Gasteiger partial charge in [-0.25, -0.2) is 0 Å². The van der Waals surface area contributed by atoms with Gasteiger partial charge in [-0.15, -0.1) is 0 Å². The zero-order valence-corrected chi connectivity index (χ0v) is 13.6. The van der Waals surface area contributed by atoms with E-state index in [1.54, 1.807) is 28.9 Å². The van der Waals surface area contributed by atoms with E-state index in [0.717, 1.165) is 10.2 Å². The molecule has 1 aliphatic heterocycles. The van der Waals surface area contributed by atoms with Gasteiger partial charge in [-0.2, -0.15) is 5.10 Å². The van der Waals surface area contributed by atoms with E-state index in [1.807, 2.05) is 24.3 Å². The summed E-state index contributed by atoms with van der Waals surface area (Å²) in [5, 5.41) is 6.86. The Bertz CT molecular complexity index is 711. The van der Waals surface area contributed by atoms with Gasteiger partial charge in [0.15, 0.2) is 5.82 Å². The molecule has 0 aliphatic carbocycles. The molecule has 6 nitrogen and oxygen atoms in total. The molecule has 1 aromatic carbocycles. The Morgan fingerprint density at radius 1 is 1.32 bits per heavy atom. The van der Waals surface area contributed by atoms with Crippen molar-refractivity contribution in [3.05, 3.63) is 41.0 Å². The minimum atomic E-state index is -0.363. The fourth-order valence-electron chi connectivity index (χ4n) is 2.46. The van der Waals surface area contributed by atoms with Gasteiger partial charge in [0, 0.05) is 42.4 Å². The quantitative estimate of drug-likeness (QED) is 0.909. The third-order valence-electron chi connectivity index (χ3n) is 3.60. The number of carbonyl (C=O) groups is 2. The highest BCUT2D eigenvalue weighted by Crippen LogP contribution is 2.27. The number of anilines is 2. The molecule has 0 bridgehead atoms. The first-order chi connectivity index (χ1) is 10.5. The van der Waals surface area contributed by atoms with E-state index < -0.39 is 0 Å². The molecule has 1 saturated heterocycles. The molecule has 114 valence electrons. The zero-order chi connectivity index (χ0) is 15.7. The van der Waals surface area contributed by atoms with Crippen LogP contribution in [0.3, 0.4) is 0 Å². The number of carbonyl (C=O) groups excluding carboxylic acids is 2. The first-order valence-electron chi connectivity index (χ1n) is 6.89. The average molecular weight is 363 g/mol. The molecule has 2 heterocycles. The lowest BCUT2D eigenvalue weighted by atomic mass is 10.1. The molecule has 1 N–H and O–H groups in total. The second kappa shape index (κ2) is 5.92. The Morgan fingerprint density at radius 3 is 2.68 bits per heavy atom. The molecule has 2 amide bonds. The second-order valence-electron chi connectivity index (χ2n) is 5.25. The smallest absolute Gasteiger partial charge is 0.231 e. The van der Waals surface area contributed by atoms with Crippen LogP contribution in [0.5, 0.6) is 0 Å². The molecule has 7 heteroatoms. The molecule has 0 radical (unpaired) electrons. The van der Waals surface area contributed by atoms with Crippen LogP contribution in [0.4, 0.5) is 11.5 Å². The van der Waals surface area contributed by atoms with Crippen LogP contribution in [0, 0.1) is 5.92 Å². The summed E-state index contributed by atoms with van der Waals surface area (Å²) in [6.07, 6.45) is 1.97. The van der Waals surface area contributed by atoms with E-state index >= 15 is 0 Å². The third kappa shape index (κ3) is 3.04. The van der Waals surface area contributed by atoms with E-state index in [2.05, 4.69) is 26.3 Å². The summed E-state index contributed by atoms with van der Waals surface area (Å²) in [5.41, 5.74) is 0.807. The summed E-state index contributed by atoms with van der Waals surface area (Å²) in [6.45, 7) is 0.388. The first kappa shape index (κ1) is 14.8. The molecule has 0 saturated carbocycles. The predicted octanol–water partition coefficient (Wildman–Crippen LogP) is 2.17. The molecule has 1 atom stereocenters. The van der Waals surface area contributed by atoms with Crippen LogP contribution in [0.2, 0.25) is 0 Å². The predicted molar refractivity (Wildman–Crippen MR) is 86.4 cm³/mol. The number of hydrogen-bond donors (Lipinski definition) is 1. The van der Waals surface area contributed by atoms with Crippen LogP contribution >= 0.6 is 15.9 Å². The molecular weight excluding hydrogens is 348 g/mol. The SMILES string of the molecule is Cn1ccc(NC(=O)C2CC(=O)N(c3ccc(Br)cc3)C2)n1. The van der Waals surface area contributed by atoms with E-state index in [1.165, 1.54) is 0 Å². The van der Waals surface area contributed by atoms with Crippen molar-refractivity contribution in [3.8, 4) is 0 Å². The summed E-state index contributed by atoms with van der Waals surface area (Å²) < 4.78 is 2.57. The van der Waals surface area contributed by atoms with Crippen molar-refractivity contribution >= 4 is 39.2 Å². The Kier molecular flexibility index (Phi) is 3.98. The average Bonchev–Trinajstić information content (AvgIpc) is 3.06. The molecule has 2 aromatic rings. The van der Waals surface area contributed by atoms with Crippen LogP contribution in [0.1, 0.15) is 6.42 Å². The summed E-state index contributed by atoms with van der Waals surface area (Å²) in [6, 6.07) is 9.21. The maximum atomic E-state index is 12.3. The van der Waals surface area contributed by atoms with Crippen LogP contribution < -0.4 is 10.2 Å². The van der Waals surface area contributed by atoms with Gasteiger partial charge in [0.25, 0.3) is 0 Å². The van der Waals surface area contributed by atoms with Crippen molar-refractivity contribution in [1.29, 1.82) is 0 Å². The summed E-state index contributed by atoms with van der Waals surface area (Å²) in [7, 11) is 1.78. The van der Waals surface area contributed by atoms with Gasteiger partial charge in [0.2, 0.25) is 11.8 Å². The van der Waals surface area contributed by atoms with Crippen molar-refractivity contribution in [2.45, 2.75) is 6.42 Å². The van der Waals surface area contributed by atoms with E-state index in [0.29, 0.717) is 12.4 Å². The van der Waals surface area contributed by atoms with Crippen molar-refractivity contribution in [2.24, 2.45) is 13.0 Å². The lowest BCUT2D eigenvalue weighted by Gasteiger charge is -2.16. The van der Waals surface area contributed by atoms with Gasteiger partial charge < -0.3 is 10.2 Å². The molecule has 1 fully saturated rings. The van der Waals surface area contributed by atoms with E-state index in [-0.39, 0.29) is 24.2 Å². The minimum absolute atomic E-state index is 0.0384. The third-order valence-corrected chi connectivity index (χ3v) is 4.13. The normalized spacial score (nSPS) is 17.8. The number of nitrogens with zero attached hydrogens (tertiary/aromatic N) is 3. The highest BCUT2D eigenvalue weighted by Gasteiger charge is 2.35. The topological polar surface area (TPSA) is 67.2 Å². The van der Waals surface area contributed by atoms with Gasteiger partial charge in [0.1, 0.15) is 0 Å². The molecule has 22 heavy (non-hydrogen) atoms. The monoisotopic (exact) mass is 362 g/mol. The van der Waals surface area contributed by atoms with E-state index in [9.17, 15) is 9.59 Å². The number of hydrogen-bond acceptors (Lipinski definition) is 3. The van der Waals surface area contributed by atoms with Gasteiger partial charge in [-0.05, 0) is 24.3 Å². The van der Waals surface area contributed by atoms with Crippen LogP contribution in [0.25, 0.3) is 0 Å². The van der Waals surface area contributed by atoms with E-state index in [4.69, 9.17) is 0 Å². The van der Waals surface area contributed by atoms with Crippen LogP contribution in [-0.2, 0) is 16.6 Å². The minimum Gasteiger partial charge on any atom is -0.312 e. The highest BCUT2D eigenvalue weighted by molar-refractivity contribution is 9.10. The number of aryl methyl sites for hydroxylation is 1. The summed E-state index contributed by atoms with van der Waals surface area (Å²) >= 11 is 3.37. The van der Waals surface area contributed by atoms with Gasteiger partial charge in [0.05, 0.1) is 5.92 Å². The molecule has 1 aromatic heterocycles. The first-order valence-corrected chi connectivity index (χ1v) is 7.68. The number of nitrogens with one attached hydrogen (secondary N) is 1. The Labute approximate surface area is 136 Å².